The van der Waals surface area contributed by atoms with Gasteiger partial charge in [-0.05, 0) is 32.9 Å². The van der Waals surface area contributed by atoms with Crippen molar-refractivity contribution in [2.75, 3.05) is 6.61 Å². The molecule has 0 aliphatic heterocycles. The summed E-state index contributed by atoms with van der Waals surface area (Å²) >= 11 is 0. The lowest BCUT2D eigenvalue weighted by Crippen LogP contribution is -2.28. The molecular weight excluding hydrogens is 228 g/mol. The quantitative estimate of drug-likeness (QED) is 0.626. The molecule has 0 amide bonds. The van der Waals surface area contributed by atoms with Crippen LogP contribution < -0.4 is 10.2 Å². The Balaban J connectivity index is 2.82. The first-order chi connectivity index (χ1) is 8.54. The normalized spacial score (nSPS) is 10.6. The third kappa shape index (κ3) is 1.99. The lowest BCUT2D eigenvalue weighted by atomic mass is 10.2. The molecule has 0 radical (unpaired) electrons. The van der Waals surface area contributed by atoms with E-state index in [1.807, 2.05) is 25.1 Å². The van der Waals surface area contributed by atoms with E-state index in [1.54, 1.807) is 18.4 Å². The standard InChI is InChI=1S/C13H16N4O/c1-4-18-10-5-6-11-12(7-10)17(9(3)14)13(15)8(2)16-11/h5-7,14-15H,4H2,1-3H3. The highest BCUT2D eigenvalue weighted by molar-refractivity contribution is 5.90. The SMILES string of the molecule is CCOc1ccc2nc(C)c(=N)n(C(C)=N)c2c1. The zero-order chi connectivity index (χ0) is 13.3. The van der Waals surface area contributed by atoms with Crippen LogP contribution in [0.5, 0.6) is 5.75 Å². The summed E-state index contributed by atoms with van der Waals surface area (Å²) in [6, 6.07) is 5.53. The van der Waals surface area contributed by atoms with Gasteiger partial charge in [-0.1, -0.05) is 0 Å². The first kappa shape index (κ1) is 12.3. The highest BCUT2D eigenvalue weighted by atomic mass is 16.5. The molecule has 0 bridgehead atoms. The second-order valence-electron chi connectivity index (χ2n) is 4.05. The molecule has 1 heterocycles. The van der Waals surface area contributed by atoms with Crippen LogP contribution in [0.4, 0.5) is 0 Å². The fraction of sp³-hybridized carbons (Fsp3) is 0.308. The van der Waals surface area contributed by atoms with Crippen molar-refractivity contribution >= 4 is 16.9 Å². The van der Waals surface area contributed by atoms with Crippen LogP contribution in [0.2, 0.25) is 0 Å². The summed E-state index contributed by atoms with van der Waals surface area (Å²) in [4.78, 5) is 4.36. The molecule has 2 aromatic rings. The number of aryl methyl sites for hydroxylation is 1. The Bertz CT molecular complexity index is 672. The predicted molar refractivity (Wildman–Crippen MR) is 70.3 cm³/mol. The molecule has 94 valence electrons. The molecule has 0 aliphatic carbocycles. The maximum absolute atomic E-state index is 8.00. The van der Waals surface area contributed by atoms with Crippen molar-refractivity contribution in [1.29, 1.82) is 10.8 Å². The molecule has 2 N–H and O–H groups in total. The predicted octanol–water partition coefficient (Wildman–Crippen LogP) is 2.07. The van der Waals surface area contributed by atoms with Gasteiger partial charge in [0.2, 0.25) is 0 Å². The van der Waals surface area contributed by atoms with E-state index < -0.39 is 0 Å². The van der Waals surface area contributed by atoms with E-state index in [0.717, 1.165) is 16.8 Å². The van der Waals surface area contributed by atoms with Crippen molar-refractivity contribution in [1.82, 2.24) is 9.55 Å². The fourth-order valence-corrected chi connectivity index (χ4v) is 1.90. The fourth-order valence-electron chi connectivity index (χ4n) is 1.90. The van der Waals surface area contributed by atoms with Gasteiger partial charge in [-0.15, -0.1) is 0 Å². The van der Waals surface area contributed by atoms with E-state index in [-0.39, 0.29) is 5.49 Å². The van der Waals surface area contributed by atoms with Crippen LogP contribution >= 0.6 is 0 Å². The molecule has 0 saturated heterocycles. The lowest BCUT2D eigenvalue weighted by molar-refractivity contribution is 0.340. The molecule has 0 atom stereocenters. The van der Waals surface area contributed by atoms with E-state index in [2.05, 4.69) is 4.98 Å². The third-order valence-corrected chi connectivity index (χ3v) is 2.69. The molecule has 5 heteroatoms. The van der Waals surface area contributed by atoms with Gasteiger partial charge in [0.25, 0.3) is 0 Å². The van der Waals surface area contributed by atoms with E-state index in [4.69, 9.17) is 15.6 Å². The summed E-state index contributed by atoms with van der Waals surface area (Å²) in [5.41, 5.74) is 2.34. The van der Waals surface area contributed by atoms with Gasteiger partial charge in [0.05, 0.1) is 23.3 Å². The van der Waals surface area contributed by atoms with Crippen molar-refractivity contribution in [3.8, 4) is 5.75 Å². The summed E-state index contributed by atoms with van der Waals surface area (Å²) in [5.74, 6) is 1.02. The minimum Gasteiger partial charge on any atom is -0.494 e. The number of hydrogen-bond acceptors (Lipinski definition) is 4. The van der Waals surface area contributed by atoms with Crippen molar-refractivity contribution in [3.05, 3.63) is 29.4 Å². The van der Waals surface area contributed by atoms with Crippen LogP contribution in [0, 0.1) is 17.7 Å². The second-order valence-corrected chi connectivity index (χ2v) is 4.05. The van der Waals surface area contributed by atoms with E-state index in [0.29, 0.717) is 18.1 Å². The Morgan fingerprint density at radius 1 is 1.44 bits per heavy atom. The summed E-state index contributed by atoms with van der Waals surface area (Å²) in [5, 5.41) is 15.8. The number of fused-ring (bicyclic) bond motifs is 1. The van der Waals surface area contributed by atoms with Crippen LogP contribution in [0.25, 0.3) is 11.0 Å². The van der Waals surface area contributed by atoms with Gasteiger partial charge in [0.1, 0.15) is 11.6 Å². The Kier molecular flexibility index (Phi) is 3.14. The van der Waals surface area contributed by atoms with Crippen LogP contribution in [0.1, 0.15) is 19.5 Å². The van der Waals surface area contributed by atoms with Gasteiger partial charge >= 0.3 is 0 Å². The molecule has 5 nitrogen and oxygen atoms in total. The smallest absolute Gasteiger partial charge is 0.152 e. The molecule has 2 rings (SSSR count). The zero-order valence-corrected chi connectivity index (χ0v) is 10.7. The largest absolute Gasteiger partial charge is 0.494 e. The van der Waals surface area contributed by atoms with Crippen molar-refractivity contribution in [2.24, 2.45) is 0 Å². The van der Waals surface area contributed by atoms with Gasteiger partial charge in [0, 0.05) is 6.07 Å². The number of nitrogens with one attached hydrogen (secondary N) is 2. The van der Waals surface area contributed by atoms with Crippen LogP contribution in [0.15, 0.2) is 18.2 Å². The van der Waals surface area contributed by atoms with E-state index in [1.165, 1.54) is 0 Å². The molecule has 1 aromatic carbocycles. The Hall–Kier alpha value is -2.17. The highest BCUT2D eigenvalue weighted by Crippen LogP contribution is 2.18. The molecule has 1 aromatic heterocycles. The molecular formula is C13H16N4O. The summed E-state index contributed by atoms with van der Waals surface area (Å²) in [6.45, 7) is 5.94. The van der Waals surface area contributed by atoms with E-state index >= 15 is 0 Å². The monoisotopic (exact) mass is 244 g/mol. The molecule has 0 aliphatic rings. The third-order valence-electron chi connectivity index (χ3n) is 2.69. The summed E-state index contributed by atoms with van der Waals surface area (Å²) in [7, 11) is 0. The number of benzene rings is 1. The van der Waals surface area contributed by atoms with Crippen LogP contribution in [-0.2, 0) is 0 Å². The molecule has 0 unspecified atom stereocenters. The van der Waals surface area contributed by atoms with Crippen molar-refractivity contribution < 1.29 is 4.74 Å². The van der Waals surface area contributed by atoms with Gasteiger partial charge < -0.3 is 4.74 Å². The summed E-state index contributed by atoms with van der Waals surface area (Å²) in [6.07, 6.45) is 0. The molecule has 0 spiro atoms. The molecule has 18 heavy (non-hydrogen) atoms. The first-order valence-electron chi connectivity index (χ1n) is 5.81. The highest BCUT2D eigenvalue weighted by Gasteiger charge is 2.08. The van der Waals surface area contributed by atoms with Gasteiger partial charge in [0.15, 0.2) is 5.49 Å². The second kappa shape index (κ2) is 4.60. The number of hydrogen-bond donors (Lipinski definition) is 2. The van der Waals surface area contributed by atoms with Crippen molar-refractivity contribution in [3.63, 3.8) is 0 Å². The minimum atomic E-state index is 0.239. The average Bonchev–Trinajstić information content (AvgIpc) is 2.31. The maximum atomic E-state index is 8.00. The van der Waals surface area contributed by atoms with Gasteiger partial charge in [-0.3, -0.25) is 15.4 Å². The van der Waals surface area contributed by atoms with Gasteiger partial charge in [-0.2, -0.15) is 0 Å². The number of aromatic nitrogens is 2. The van der Waals surface area contributed by atoms with Crippen LogP contribution in [0.3, 0.4) is 0 Å². The number of ether oxygens (including phenoxy) is 1. The van der Waals surface area contributed by atoms with E-state index in [9.17, 15) is 0 Å². The average molecular weight is 244 g/mol. The Labute approximate surface area is 105 Å². The Morgan fingerprint density at radius 2 is 2.17 bits per heavy atom. The zero-order valence-electron chi connectivity index (χ0n) is 10.7. The molecule has 0 fully saturated rings. The number of rotatable bonds is 2. The first-order valence-corrected chi connectivity index (χ1v) is 5.81. The van der Waals surface area contributed by atoms with Crippen LogP contribution in [-0.4, -0.2) is 22.0 Å². The number of nitrogens with zero attached hydrogens (tertiary/aromatic N) is 2. The van der Waals surface area contributed by atoms with Crippen molar-refractivity contribution in [2.45, 2.75) is 20.8 Å². The summed E-state index contributed by atoms with van der Waals surface area (Å²) < 4.78 is 7.02. The minimum absolute atomic E-state index is 0.239. The van der Waals surface area contributed by atoms with Gasteiger partial charge in [-0.25, -0.2) is 4.98 Å². The molecule has 0 saturated carbocycles. The maximum Gasteiger partial charge on any atom is 0.152 e. The lowest BCUT2D eigenvalue weighted by Gasteiger charge is -2.12. The topological polar surface area (TPSA) is 74.8 Å². The Morgan fingerprint density at radius 3 is 2.78 bits per heavy atom.